The number of rotatable bonds is 4. The van der Waals surface area contributed by atoms with Crippen molar-refractivity contribution < 1.29 is 0 Å². The Labute approximate surface area is 84.4 Å². The Bertz CT molecular complexity index is 257. The first-order valence-electron chi connectivity index (χ1n) is 4.81. The fourth-order valence-corrected chi connectivity index (χ4v) is 2.00. The topological polar surface area (TPSA) is 24.9 Å². The molecule has 2 atom stereocenters. The number of aromatic nitrogens is 1. The maximum atomic E-state index is 4.25. The van der Waals surface area contributed by atoms with Crippen molar-refractivity contribution in [1.82, 2.24) is 10.3 Å². The molecule has 0 spiro atoms. The van der Waals surface area contributed by atoms with Gasteiger partial charge in [-0.2, -0.15) is 0 Å². The van der Waals surface area contributed by atoms with Crippen molar-refractivity contribution >= 4 is 11.3 Å². The van der Waals surface area contributed by atoms with Crippen LogP contribution < -0.4 is 5.32 Å². The summed E-state index contributed by atoms with van der Waals surface area (Å²) in [6, 6.07) is 1.01. The van der Waals surface area contributed by atoms with Crippen molar-refractivity contribution in [3.8, 4) is 0 Å². The summed E-state index contributed by atoms with van der Waals surface area (Å²) in [6.07, 6.45) is 3.14. The van der Waals surface area contributed by atoms with Gasteiger partial charge in [-0.1, -0.05) is 6.92 Å². The molecule has 2 nitrogen and oxygen atoms in total. The zero-order chi connectivity index (χ0) is 9.84. The van der Waals surface area contributed by atoms with Crippen LogP contribution in [0.15, 0.2) is 6.20 Å². The number of hydrogen-bond donors (Lipinski definition) is 1. The molecular formula is C10H18N2S. The number of hydrogen-bond acceptors (Lipinski definition) is 3. The van der Waals surface area contributed by atoms with Crippen LogP contribution in [0.5, 0.6) is 0 Å². The van der Waals surface area contributed by atoms with Crippen LogP contribution in [0, 0.1) is 6.92 Å². The molecule has 0 saturated heterocycles. The molecule has 0 saturated carbocycles. The summed E-state index contributed by atoms with van der Waals surface area (Å²) in [5.41, 5.74) is 0. The molecule has 74 valence electrons. The second kappa shape index (κ2) is 4.72. The van der Waals surface area contributed by atoms with Crippen LogP contribution in [0.25, 0.3) is 0 Å². The molecule has 0 fully saturated rings. The van der Waals surface area contributed by atoms with E-state index in [1.807, 2.05) is 13.1 Å². The Morgan fingerprint density at radius 2 is 2.23 bits per heavy atom. The van der Waals surface area contributed by atoms with E-state index < -0.39 is 0 Å². The van der Waals surface area contributed by atoms with Crippen LogP contribution in [0.3, 0.4) is 0 Å². The normalized spacial score (nSPS) is 15.7. The summed E-state index contributed by atoms with van der Waals surface area (Å²) in [5, 5.41) is 4.68. The maximum Gasteiger partial charge on any atom is 0.0897 e. The van der Waals surface area contributed by atoms with Gasteiger partial charge in [0.1, 0.15) is 0 Å². The lowest BCUT2D eigenvalue weighted by atomic mass is 10.2. The molecule has 0 aliphatic carbocycles. The van der Waals surface area contributed by atoms with Gasteiger partial charge in [-0.05, 0) is 27.2 Å². The predicted octanol–water partition coefficient (Wildman–Crippen LogP) is 2.90. The molecule has 3 heteroatoms. The van der Waals surface area contributed by atoms with Crippen molar-refractivity contribution in [2.24, 2.45) is 0 Å². The van der Waals surface area contributed by atoms with Gasteiger partial charge in [-0.25, -0.2) is 4.98 Å². The van der Waals surface area contributed by atoms with Gasteiger partial charge in [0.25, 0.3) is 0 Å². The van der Waals surface area contributed by atoms with E-state index >= 15 is 0 Å². The smallest absolute Gasteiger partial charge is 0.0897 e. The predicted molar refractivity (Wildman–Crippen MR) is 58.2 cm³/mol. The molecule has 2 unspecified atom stereocenters. The van der Waals surface area contributed by atoms with E-state index in [2.05, 4.69) is 31.1 Å². The largest absolute Gasteiger partial charge is 0.307 e. The summed E-state index contributed by atoms with van der Waals surface area (Å²) in [4.78, 5) is 5.58. The fraction of sp³-hybridized carbons (Fsp3) is 0.700. The molecular weight excluding hydrogens is 180 g/mol. The van der Waals surface area contributed by atoms with Gasteiger partial charge in [0, 0.05) is 23.2 Å². The Morgan fingerprint density at radius 3 is 2.69 bits per heavy atom. The highest BCUT2D eigenvalue weighted by molar-refractivity contribution is 7.11. The van der Waals surface area contributed by atoms with E-state index in [-0.39, 0.29) is 0 Å². The summed E-state index contributed by atoms with van der Waals surface area (Å²) < 4.78 is 0. The third-order valence-corrected chi connectivity index (χ3v) is 3.31. The molecule has 13 heavy (non-hydrogen) atoms. The molecule has 1 aromatic rings. The Balaban J connectivity index is 2.53. The average molecular weight is 198 g/mol. The zero-order valence-electron chi connectivity index (χ0n) is 8.79. The van der Waals surface area contributed by atoms with Gasteiger partial charge in [0.2, 0.25) is 0 Å². The summed E-state index contributed by atoms with van der Waals surface area (Å²) in [7, 11) is 0. The van der Waals surface area contributed by atoms with Gasteiger partial charge in [-0.3, -0.25) is 0 Å². The van der Waals surface area contributed by atoms with Crippen LogP contribution in [-0.4, -0.2) is 11.0 Å². The second-order valence-corrected chi connectivity index (χ2v) is 4.75. The van der Waals surface area contributed by atoms with E-state index in [9.17, 15) is 0 Å². The number of thiazole rings is 1. The molecule has 1 aromatic heterocycles. The number of aryl methyl sites for hydroxylation is 1. The van der Waals surface area contributed by atoms with Crippen LogP contribution in [0.4, 0.5) is 0 Å². The summed E-state index contributed by atoms with van der Waals surface area (Å²) in [5.74, 6) is 0. The maximum absolute atomic E-state index is 4.25. The highest BCUT2D eigenvalue weighted by Crippen LogP contribution is 2.20. The molecule has 0 aliphatic rings. The van der Waals surface area contributed by atoms with Crippen LogP contribution >= 0.6 is 11.3 Å². The van der Waals surface area contributed by atoms with Crippen LogP contribution in [0.2, 0.25) is 0 Å². The lowest BCUT2D eigenvalue weighted by Crippen LogP contribution is -2.27. The third kappa shape index (κ3) is 3.08. The zero-order valence-corrected chi connectivity index (χ0v) is 9.61. The van der Waals surface area contributed by atoms with Crippen molar-refractivity contribution in [1.29, 1.82) is 0 Å². The van der Waals surface area contributed by atoms with Crippen LogP contribution in [0.1, 0.15) is 43.1 Å². The first-order chi connectivity index (χ1) is 6.13. The standard InChI is InChI=1S/C10H18N2S/c1-5-7(2)12-8(3)10-6-11-9(4)13-10/h6-8,12H,5H2,1-4H3. The Hall–Kier alpha value is -0.410. The molecule has 0 radical (unpaired) electrons. The van der Waals surface area contributed by atoms with Gasteiger partial charge in [0.05, 0.1) is 5.01 Å². The summed E-state index contributed by atoms with van der Waals surface area (Å²) >= 11 is 1.77. The molecule has 1 rings (SSSR count). The molecule has 1 heterocycles. The number of nitrogens with one attached hydrogen (secondary N) is 1. The van der Waals surface area contributed by atoms with E-state index in [1.165, 1.54) is 11.3 Å². The minimum absolute atomic E-state index is 0.432. The van der Waals surface area contributed by atoms with Crippen molar-refractivity contribution in [2.45, 2.75) is 46.2 Å². The Morgan fingerprint density at radius 1 is 1.54 bits per heavy atom. The molecule has 0 bridgehead atoms. The molecule has 1 N–H and O–H groups in total. The Kier molecular flexibility index (Phi) is 3.88. The van der Waals surface area contributed by atoms with Gasteiger partial charge in [-0.15, -0.1) is 11.3 Å². The lowest BCUT2D eigenvalue weighted by molar-refractivity contribution is 0.473. The molecule has 0 aromatic carbocycles. The van der Waals surface area contributed by atoms with Gasteiger partial charge < -0.3 is 5.32 Å². The van der Waals surface area contributed by atoms with Gasteiger partial charge >= 0.3 is 0 Å². The first kappa shape index (κ1) is 10.7. The van der Waals surface area contributed by atoms with E-state index in [4.69, 9.17) is 0 Å². The average Bonchev–Trinajstić information content (AvgIpc) is 2.51. The van der Waals surface area contributed by atoms with E-state index in [1.54, 1.807) is 11.3 Å². The molecule has 0 aliphatic heterocycles. The van der Waals surface area contributed by atoms with E-state index in [0.29, 0.717) is 12.1 Å². The second-order valence-electron chi connectivity index (χ2n) is 3.48. The quantitative estimate of drug-likeness (QED) is 0.804. The highest BCUT2D eigenvalue weighted by Gasteiger charge is 2.09. The summed E-state index contributed by atoms with van der Waals surface area (Å²) in [6.45, 7) is 8.65. The van der Waals surface area contributed by atoms with E-state index in [0.717, 1.165) is 5.01 Å². The monoisotopic (exact) mass is 198 g/mol. The van der Waals surface area contributed by atoms with Crippen molar-refractivity contribution in [3.05, 3.63) is 16.1 Å². The SMILES string of the molecule is CCC(C)NC(C)c1cnc(C)s1. The minimum atomic E-state index is 0.432. The highest BCUT2D eigenvalue weighted by atomic mass is 32.1. The van der Waals surface area contributed by atoms with Crippen molar-refractivity contribution in [3.63, 3.8) is 0 Å². The third-order valence-electron chi connectivity index (χ3n) is 2.21. The number of nitrogens with zero attached hydrogens (tertiary/aromatic N) is 1. The lowest BCUT2D eigenvalue weighted by Gasteiger charge is -2.16. The fourth-order valence-electron chi connectivity index (χ4n) is 1.20. The van der Waals surface area contributed by atoms with Gasteiger partial charge in [0.15, 0.2) is 0 Å². The molecule has 0 amide bonds. The minimum Gasteiger partial charge on any atom is -0.307 e. The van der Waals surface area contributed by atoms with Crippen molar-refractivity contribution in [2.75, 3.05) is 0 Å². The first-order valence-corrected chi connectivity index (χ1v) is 5.63. The van der Waals surface area contributed by atoms with Crippen LogP contribution in [-0.2, 0) is 0 Å².